The molecule has 5 aliphatic rings. The van der Waals surface area contributed by atoms with Crippen LogP contribution in [0.1, 0.15) is 77.6 Å². The van der Waals surface area contributed by atoms with E-state index >= 15 is 0 Å². The van der Waals surface area contributed by atoms with E-state index in [1.54, 1.807) is 0 Å². The van der Waals surface area contributed by atoms with Crippen molar-refractivity contribution in [2.45, 2.75) is 89.6 Å². The monoisotopic (exact) mass is 425 g/mol. The Kier molecular flexibility index (Phi) is 5.59. The number of hydrogen-bond acceptors (Lipinski definition) is 4. The van der Waals surface area contributed by atoms with E-state index in [4.69, 9.17) is 0 Å². The zero-order valence-corrected chi connectivity index (χ0v) is 18.5. The first-order valence-electron chi connectivity index (χ1n) is 11.3. The van der Waals surface area contributed by atoms with E-state index in [1.807, 2.05) is 6.92 Å². The van der Waals surface area contributed by atoms with E-state index < -0.39 is 22.1 Å². The number of carbonyl (C=O) groups excluding carboxylic acids is 2. The fourth-order valence-corrected chi connectivity index (χ4v) is 8.25. The molecule has 5 saturated carbocycles. The van der Waals surface area contributed by atoms with Crippen LogP contribution in [-0.4, -0.2) is 43.1 Å². The summed E-state index contributed by atoms with van der Waals surface area (Å²) >= 11 is 0. The van der Waals surface area contributed by atoms with Gasteiger partial charge >= 0.3 is 12.1 Å². The molecule has 0 unspecified atom stereocenters. The van der Waals surface area contributed by atoms with E-state index in [2.05, 4.69) is 10.6 Å². The lowest BCUT2D eigenvalue weighted by atomic mass is 9.48. The molecule has 7 nitrogen and oxygen atoms in total. The van der Waals surface area contributed by atoms with Crippen molar-refractivity contribution >= 4 is 22.1 Å². The number of urea groups is 2. The normalized spacial score (nSPS) is 35.2. The first-order valence-corrected chi connectivity index (χ1v) is 13.1. The van der Waals surface area contributed by atoms with Gasteiger partial charge in [-0.15, -0.1) is 0 Å². The third kappa shape index (κ3) is 4.28. The minimum Gasteiger partial charge on any atom is -0.335 e. The van der Waals surface area contributed by atoms with Gasteiger partial charge in [-0.25, -0.2) is 22.3 Å². The van der Waals surface area contributed by atoms with Gasteiger partial charge in [0.1, 0.15) is 0 Å². The van der Waals surface area contributed by atoms with Crippen LogP contribution in [0.4, 0.5) is 9.59 Å². The quantitative estimate of drug-likeness (QED) is 0.719. The summed E-state index contributed by atoms with van der Waals surface area (Å²) in [7, 11) is -3.73. The first-order chi connectivity index (χ1) is 13.7. The lowest BCUT2D eigenvalue weighted by molar-refractivity contribution is -0.0681. The van der Waals surface area contributed by atoms with E-state index in [1.165, 1.54) is 19.3 Å². The maximum atomic E-state index is 12.7. The Morgan fingerprint density at radius 1 is 0.966 bits per heavy atom. The van der Waals surface area contributed by atoms with Gasteiger partial charge in [0.25, 0.3) is 0 Å². The summed E-state index contributed by atoms with van der Waals surface area (Å²) in [5, 5.41) is 5.29. The molecule has 0 saturated heterocycles. The topological polar surface area (TPSA) is 95.6 Å². The highest BCUT2D eigenvalue weighted by Gasteiger charge is 2.53. The number of hydrogen-bond donors (Lipinski definition) is 2. The van der Waals surface area contributed by atoms with Crippen molar-refractivity contribution in [1.29, 1.82) is 0 Å². The largest absolute Gasteiger partial charge is 0.339 e. The smallest absolute Gasteiger partial charge is 0.335 e. The average molecular weight is 426 g/mol. The van der Waals surface area contributed by atoms with Crippen LogP contribution in [0.2, 0.25) is 0 Å². The molecule has 5 aliphatic carbocycles. The van der Waals surface area contributed by atoms with E-state index in [-0.39, 0.29) is 17.5 Å². The molecule has 2 N–H and O–H groups in total. The number of sulfonamides is 1. The Hall–Kier alpha value is -1.31. The molecule has 5 rings (SSSR count). The average Bonchev–Trinajstić information content (AvgIpc) is 2.60. The molecule has 0 heterocycles. The number of carbonyl (C=O) groups is 2. The molecule has 1 atom stereocenters. The van der Waals surface area contributed by atoms with Crippen LogP contribution in [0.25, 0.3) is 0 Å². The van der Waals surface area contributed by atoms with Crippen molar-refractivity contribution in [2.24, 2.45) is 23.2 Å². The van der Waals surface area contributed by atoms with Gasteiger partial charge in [-0.2, -0.15) is 0 Å². The summed E-state index contributed by atoms with van der Waals surface area (Å²) in [5.41, 5.74) is 0.134. The molecule has 164 valence electrons. The molecule has 0 aliphatic heterocycles. The van der Waals surface area contributed by atoms with Crippen molar-refractivity contribution in [3.05, 3.63) is 0 Å². The molecular weight excluding hydrogens is 390 g/mol. The Morgan fingerprint density at radius 3 is 1.97 bits per heavy atom. The Bertz CT molecular complexity index is 725. The van der Waals surface area contributed by atoms with Crippen LogP contribution < -0.4 is 10.6 Å². The van der Waals surface area contributed by atoms with Crippen LogP contribution >= 0.6 is 0 Å². The minimum absolute atomic E-state index is 0.0231. The highest BCUT2D eigenvalue weighted by molar-refractivity contribution is 7.88. The lowest BCUT2D eigenvalue weighted by Crippen LogP contribution is -2.59. The molecular formula is C21H35N3O4S. The highest BCUT2D eigenvalue weighted by Crippen LogP contribution is 2.61. The Labute approximate surface area is 174 Å². The predicted molar refractivity (Wildman–Crippen MR) is 111 cm³/mol. The molecule has 0 spiro atoms. The number of imide groups is 1. The fourth-order valence-electron chi connectivity index (χ4n) is 7.15. The lowest BCUT2D eigenvalue weighted by Gasteiger charge is -2.59. The van der Waals surface area contributed by atoms with E-state index in [9.17, 15) is 18.0 Å². The van der Waals surface area contributed by atoms with Crippen molar-refractivity contribution < 1.29 is 18.0 Å². The molecule has 0 aromatic rings. The fraction of sp³-hybridized carbons (Fsp3) is 0.905. The summed E-state index contributed by atoms with van der Waals surface area (Å²) < 4.78 is 25.4. The standard InChI is InChI=1S/C21H35N3O4S/c1-14(21-11-15-8-16(12-21)10-17(9-15)13-21)22-19(25)23-20(26)24(29(2,27)28)18-6-4-3-5-7-18/h14-18H,3-13H2,1-2H3,(H2,22,23,25,26)/t14-,15?,16?,17?,21?/m0/s1. The predicted octanol–water partition coefficient (Wildman–Crippen LogP) is 3.60. The minimum atomic E-state index is -3.73. The summed E-state index contributed by atoms with van der Waals surface area (Å²) in [6, 6.07) is -1.78. The van der Waals surface area contributed by atoms with Gasteiger partial charge in [-0.05, 0) is 81.5 Å². The summed E-state index contributed by atoms with van der Waals surface area (Å²) in [6.07, 6.45) is 12.7. The molecule has 0 aromatic heterocycles. The van der Waals surface area contributed by atoms with E-state index in [0.29, 0.717) is 12.8 Å². The maximum absolute atomic E-state index is 12.7. The second-order valence-corrected chi connectivity index (χ2v) is 12.1. The number of rotatable bonds is 4. The van der Waals surface area contributed by atoms with Gasteiger partial charge in [0, 0.05) is 12.1 Å². The van der Waals surface area contributed by atoms with Gasteiger partial charge in [0.15, 0.2) is 0 Å². The molecule has 4 bridgehead atoms. The number of amides is 4. The van der Waals surface area contributed by atoms with Crippen molar-refractivity contribution in [3.8, 4) is 0 Å². The van der Waals surface area contributed by atoms with Crippen LogP contribution in [-0.2, 0) is 10.0 Å². The Balaban J connectivity index is 1.39. The third-order valence-corrected chi connectivity index (χ3v) is 9.21. The van der Waals surface area contributed by atoms with Gasteiger partial charge < -0.3 is 5.32 Å². The summed E-state index contributed by atoms with van der Waals surface area (Å²) in [4.78, 5) is 25.3. The Morgan fingerprint density at radius 2 is 1.48 bits per heavy atom. The van der Waals surface area contributed by atoms with Crippen molar-refractivity contribution in [1.82, 2.24) is 14.9 Å². The number of nitrogens with zero attached hydrogens (tertiary/aromatic N) is 1. The second kappa shape index (κ2) is 7.75. The zero-order chi connectivity index (χ0) is 20.8. The molecule has 4 amide bonds. The van der Waals surface area contributed by atoms with Crippen molar-refractivity contribution in [2.75, 3.05) is 6.26 Å². The SMILES string of the molecule is C[C@H](NC(=O)NC(=O)N(C1CCCCC1)S(C)(=O)=O)C12CC3CC(CC(C3)C1)C2. The maximum Gasteiger partial charge on any atom is 0.339 e. The second-order valence-electron chi connectivity index (χ2n) is 10.3. The molecule has 0 aromatic carbocycles. The van der Waals surface area contributed by atoms with Gasteiger partial charge in [0.2, 0.25) is 10.0 Å². The molecule has 8 heteroatoms. The van der Waals surface area contributed by atoms with Crippen LogP contribution in [0.3, 0.4) is 0 Å². The molecule has 5 fully saturated rings. The highest BCUT2D eigenvalue weighted by atomic mass is 32.2. The van der Waals surface area contributed by atoms with Crippen LogP contribution in [0.5, 0.6) is 0 Å². The van der Waals surface area contributed by atoms with Gasteiger partial charge in [-0.1, -0.05) is 19.3 Å². The molecule has 0 radical (unpaired) electrons. The molecule has 29 heavy (non-hydrogen) atoms. The summed E-state index contributed by atoms with van der Waals surface area (Å²) in [6.45, 7) is 2.05. The van der Waals surface area contributed by atoms with Gasteiger partial charge in [0.05, 0.1) is 6.26 Å². The van der Waals surface area contributed by atoms with Crippen LogP contribution in [0.15, 0.2) is 0 Å². The third-order valence-electron chi connectivity index (χ3n) is 8.04. The number of nitrogens with one attached hydrogen (secondary N) is 2. The summed E-state index contributed by atoms with van der Waals surface area (Å²) in [5.74, 6) is 2.34. The first kappa shape index (κ1) is 20.9. The zero-order valence-electron chi connectivity index (χ0n) is 17.7. The van der Waals surface area contributed by atoms with E-state index in [0.717, 1.165) is 66.8 Å². The van der Waals surface area contributed by atoms with Crippen molar-refractivity contribution in [3.63, 3.8) is 0 Å². The van der Waals surface area contributed by atoms with Crippen LogP contribution in [0, 0.1) is 23.2 Å². The van der Waals surface area contributed by atoms with Gasteiger partial charge in [-0.3, -0.25) is 5.32 Å².